The zero-order chi connectivity index (χ0) is 20.4. The summed E-state index contributed by atoms with van der Waals surface area (Å²) in [6.45, 7) is 1.95. The number of aromatic nitrogens is 3. The first-order valence-corrected chi connectivity index (χ1v) is 10.5. The largest absolute Gasteiger partial charge is 0.497 e. The first-order chi connectivity index (χ1) is 14.0. The van der Waals surface area contributed by atoms with Gasteiger partial charge in [0.2, 0.25) is 0 Å². The van der Waals surface area contributed by atoms with Gasteiger partial charge in [0, 0.05) is 6.20 Å². The van der Waals surface area contributed by atoms with Crippen LogP contribution in [0.1, 0.15) is 11.4 Å². The van der Waals surface area contributed by atoms with Crippen molar-refractivity contribution in [2.45, 2.75) is 18.4 Å². The number of nitrogens with zero attached hydrogens (tertiary/aromatic N) is 4. The second-order valence-corrected chi connectivity index (χ2v) is 8.34. The molecule has 0 saturated carbocycles. The fourth-order valence-corrected chi connectivity index (χ4v) is 4.71. The quantitative estimate of drug-likeness (QED) is 0.488. The highest BCUT2D eigenvalue weighted by molar-refractivity contribution is 7.93. The Hall–Kier alpha value is -3.39. The predicted molar refractivity (Wildman–Crippen MR) is 111 cm³/mol. The molecule has 0 N–H and O–H groups in total. The third kappa shape index (κ3) is 3.54. The topological polar surface area (TPSA) is 76.8 Å². The lowest BCUT2D eigenvalue weighted by atomic mass is 10.2. The molecule has 0 spiro atoms. The SMILES string of the molecule is COc1ccc(CN(c2ccccc2)S(=O)(=O)c2cccn3c(C)nnc23)cc1. The summed E-state index contributed by atoms with van der Waals surface area (Å²) < 4.78 is 35.7. The molecule has 0 amide bonds. The molecule has 0 unspecified atom stereocenters. The van der Waals surface area contributed by atoms with Gasteiger partial charge in [-0.3, -0.25) is 8.71 Å². The molecule has 0 fully saturated rings. The molecule has 0 atom stereocenters. The highest BCUT2D eigenvalue weighted by Crippen LogP contribution is 2.28. The van der Waals surface area contributed by atoms with E-state index in [1.807, 2.05) is 42.5 Å². The van der Waals surface area contributed by atoms with Gasteiger partial charge in [-0.15, -0.1) is 10.2 Å². The Labute approximate surface area is 169 Å². The smallest absolute Gasteiger partial charge is 0.268 e. The van der Waals surface area contributed by atoms with E-state index in [2.05, 4.69) is 10.2 Å². The molecule has 0 aliphatic rings. The van der Waals surface area contributed by atoms with Crippen LogP contribution in [0, 0.1) is 6.92 Å². The van der Waals surface area contributed by atoms with E-state index >= 15 is 0 Å². The summed E-state index contributed by atoms with van der Waals surface area (Å²) in [5.41, 5.74) is 1.71. The highest BCUT2D eigenvalue weighted by atomic mass is 32.2. The Bertz CT molecular complexity index is 1240. The van der Waals surface area contributed by atoms with Crippen molar-refractivity contribution in [3.63, 3.8) is 0 Å². The van der Waals surface area contributed by atoms with Gasteiger partial charge in [0.25, 0.3) is 10.0 Å². The van der Waals surface area contributed by atoms with Crippen molar-refractivity contribution in [1.82, 2.24) is 14.6 Å². The Kier molecular flexibility index (Phi) is 4.94. The third-order valence-corrected chi connectivity index (χ3v) is 6.46. The predicted octanol–water partition coefficient (Wildman–Crippen LogP) is 3.44. The molecule has 8 heteroatoms. The summed E-state index contributed by atoms with van der Waals surface area (Å²) in [6.07, 6.45) is 1.75. The fraction of sp³-hybridized carbons (Fsp3) is 0.143. The lowest BCUT2D eigenvalue weighted by Crippen LogP contribution is -2.31. The Morgan fingerprint density at radius 1 is 0.966 bits per heavy atom. The van der Waals surface area contributed by atoms with Crippen molar-refractivity contribution in [3.8, 4) is 5.75 Å². The maximum atomic E-state index is 13.7. The number of hydrogen-bond donors (Lipinski definition) is 0. The van der Waals surface area contributed by atoms with Crippen LogP contribution in [-0.2, 0) is 16.6 Å². The molecule has 2 aromatic carbocycles. The van der Waals surface area contributed by atoms with Gasteiger partial charge >= 0.3 is 0 Å². The number of para-hydroxylation sites is 1. The summed E-state index contributed by atoms with van der Waals surface area (Å²) in [5, 5.41) is 8.10. The van der Waals surface area contributed by atoms with Crippen LogP contribution in [-0.4, -0.2) is 30.1 Å². The van der Waals surface area contributed by atoms with Crippen LogP contribution >= 0.6 is 0 Å². The van der Waals surface area contributed by atoms with Crippen molar-refractivity contribution in [3.05, 3.63) is 84.3 Å². The summed E-state index contributed by atoms with van der Waals surface area (Å²) in [7, 11) is -2.31. The second-order valence-electron chi connectivity index (χ2n) is 6.51. The van der Waals surface area contributed by atoms with E-state index in [1.54, 1.807) is 48.9 Å². The molecule has 4 aromatic rings. The van der Waals surface area contributed by atoms with Crippen LogP contribution in [0.2, 0.25) is 0 Å². The van der Waals surface area contributed by atoms with E-state index in [4.69, 9.17) is 4.74 Å². The fourth-order valence-electron chi connectivity index (χ4n) is 3.13. The molecule has 2 aromatic heterocycles. The lowest BCUT2D eigenvalue weighted by molar-refractivity contribution is 0.414. The third-order valence-electron chi connectivity index (χ3n) is 4.67. The number of pyridine rings is 1. The molecule has 148 valence electrons. The minimum absolute atomic E-state index is 0.109. The summed E-state index contributed by atoms with van der Waals surface area (Å²) in [5.74, 6) is 1.34. The van der Waals surface area contributed by atoms with E-state index < -0.39 is 10.0 Å². The van der Waals surface area contributed by atoms with Gasteiger partial charge in [0.05, 0.1) is 19.3 Å². The number of anilines is 1. The van der Waals surface area contributed by atoms with Crippen LogP contribution in [0.25, 0.3) is 5.65 Å². The number of methoxy groups -OCH3 is 1. The molecule has 0 bridgehead atoms. The maximum Gasteiger partial charge on any atom is 0.268 e. The first-order valence-electron chi connectivity index (χ1n) is 9.02. The van der Waals surface area contributed by atoms with Gasteiger partial charge < -0.3 is 4.74 Å². The van der Waals surface area contributed by atoms with Gasteiger partial charge in [0.15, 0.2) is 5.65 Å². The minimum atomic E-state index is -3.90. The standard InChI is InChI=1S/C21H20N4O3S/c1-16-22-23-21-20(9-6-14-24(16)21)29(26,27)25(18-7-4-3-5-8-18)15-17-10-12-19(28-2)13-11-17/h3-14H,15H2,1-2H3. The van der Waals surface area contributed by atoms with Crippen LogP contribution in [0.15, 0.2) is 77.8 Å². The molecule has 0 radical (unpaired) electrons. The van der Waals surface area contributed by atoms with Gasteiger partial charge in [-0.05, 0) is 48.9 Å². The molecule has 0 aliphatic heterocycles. The van der Waals surface area contributed by atoms with Crippen LogP contribution in [0.5, 0.6) is 5.75 Å². The molecular weight excluding hydrogens is 388 g/mol. The van der Waals surface area contributed by atoms with Crippen molar-refractivity contribution in [2.75, 3.05) is 11.4 Å². The Balaban J connectivity index is 1.83. The van der Waals surface area contributed by atoms with Gasteiger partial charge in [0.1, 0.15) is 16.5 Å². The number of rotatable bonds is 6. The molecule has 2 heterocycles. The number of aryl methyl sites for hydroxylation is 1. The molecule has 0 aliphatic carbocycles. The molecule has 7 nitrogen and oxygen atoms in total. The van der Waals surface area contributed by atoms with Crippen molar-refractivity contribution in [1.29, 1.82) is 0 Å². The molecule has 4 rings (SSSR count). The summed E-state index contributed by atoms with van der Waals surface area (Å²) in [4.78, 5) is 0.109. The number of sulfonamides is 1. The second kappa shape index (κ2) is 7.56. The minimum Gasteiger partial charge on any atom is -0.497 e. The summed E-state index contributed by atoms with van der Waals surface area (Å²) in [6, 6.07) is 19.6. The Morgan fingerprint density at radius 2 is 1.69 bits per heavy atom. The van der Waals surface area contributed by atoms with Crippen LogP contribution < -0.4 is 9.04 Å². The monoisotopic (exact) mass is 408 g/mol. The van der Waals surface area contributed by atoms with Crippen LogP contribution in [0.4, 0.5) is 5.69 Å². The number of fused-ring (bicyclic) bond motifs is 1. The van der Waals surface area contributed by atoms with Crippen molar-refractivity contribution >= 4 is 21.4 Å². The average Bonchev–Trinajstić information content (AvgIpc) is 3.14. The van der Waals surface area contributed by atoms with Crippen molar-refractivity contribution < 1.29 is 13.2 Å². The first kappa shape index (κ1) is 18.9. The van der Waals surface area contributed by atoms with E-state index in [-0.39, 0.29) is 11.4 Å². The zero-order valence-electron chi connectivity index (χ0n) is 16.1. The number of benzene rings is 2. The number of hydrogen-bond acceptors (Lipinski definition) is 5. The number of ether oxygens (including phenoxy) is 1. The highest BCUT2D eigenvalue weighted by Gasteiger charge is 2.28. The summed E-state index contributed by atoms with van der Waals surface area (Å²) >= 11 is 0. The van der Waals surface area contributed by atoms with Crippen LogP contribution in [0.3, 0.4) is 0 Å². The lowest BCUT2D eigenvalue weighted by Gasteiger charge is -2.25. The normalized spacial score (nSPS) is 11.5. The molecular formula is C21H20N4O3S. The van der Waals surface area contributed by atoms with E-state index in [1.165, 1.54) is 4.31 Å². The van der Waals surface area contributed by atoms with E-state index in [9.17, 15) is 8.42 Å². The van der Waals surface area contributed by atoms with Gasteiger partial charge in [-0.2, -0.15) is 0 Å². The molecule has 29 heavy (non-hydrogen) atoms. The van der Waals surface area contributed by atoms with Crippen molar-refractivity contribution in [2.24, 2.45) is 0 Å². The van der Waals surface area contributed by atoms with Gasteiger partial charge in [-0.25, -0.2) is 8.42 Å². The van der Waals surface area contributed by atoms with E-state index in [0.717, 1.165) is 5.56 Å². The zero-order valence-corrected chi connectivity index (χ0v) is 16.9. The van der Waals surface area contributed by atoms with Gasteiger partial charge in [-0.1, -0.05) is 30.3 Å². The average molecular weight is 408 g/mol. The molecule has 0 saturated heterocycles. The van der Waals surface area contributed by atoms with E-state index in [0.29, 0.717) is 22.9 Å². The Morgan fingerprint density at radius 3 is 2.38 bits per heavy atom. The maximum absolute atomic E-state index is 13.7.